The van der Waals surface area contributed by atoms with Gasteiger partial charge in [-0.2, -0.15) is 0 Å². The number of esters is 1. The molecule has 0 aliphatic heterocycles. The fourth-order valence-corrected chi connectivity index (χ4v) is 1.80. The van der Waals surface area contributed by atoms with Crippen molar-refractivity contribution in [1.82, 2.24) is 0 Å². The predicted octanol–water partition coefficient (Wildman–Crippen LogP) is 3.96. The van der Waals surface area contributed by atoms with Crippen molar-refractivity contribution in [3.05, 3.63) is 32.7 Å². The molecule has 1 rings (SSSR count). The summed E-state index contributed by atoms with van der Waals surface area (Å²) in [6, 6.07) is 4.78. The first-order chi connectivity index (χ1) is 7.39. The largest absolute Gasteiger partial charge is 0.463 e. The lowest BCUT2D eigenvalue weighted by molar-refractivity contribution is -0.156. The Labute approximate surface area is 110 Å². The molecule has 0 aromatic heterocycles. The molecule has 1 aromatic carbocycles. The number of ether oxygens (including phenoxy) is 1. The van der Waals surface area contributed by atoms with E-state index in [1.165, 1.54) is 6.92 Å². The van der Waals surface area contributed by atoms with Gasteiger partial charge in [0.1, 0.15) is 0 Å². The third-order valence-electron chi connectivity index (χ3n) is 2.12. The van der Waals surface area contributed by atoms with Gasteiger partial charge in [-0.3, -0.25) is 0 Å². The van der Waals surface area contributed by atoms with E-state index in [-0.39, 0.29) is 12.2 Å². The van der Waals surface area contributed by atoms with Crippen molar-refractivity contribution in [2.45, 2.75) is 19.5 Å². The first-order valence-electron chi connectivity index (χ1n) is 4.71. The maximum absolute atomic E-state index is 14.2. The van der Waals surface area contributed by atoms with E-state index in [0.717, 1.165) is 4.47 Å². The molecule has 0 spiro atoms. The van der Waals surface area contributed by atoms with Crippen molar-refractivity contribution in [2.24, 2.45) is 0 Å². The van der Waals surface area contributed by atoms with Crippen molar-refractivity contribution < 1.29 is 13.9 Å². The van der Waals surface area contributed by atoms with Crippen LogP contribution in [0.4, 0.5) is 4.39 Å². The number of rotatable bonds is 3. The molecule has 0 bridgehead atoms. The summed E-state index contributed by atoms with van der Waals surface area (Å²) in [6.07, 6.45) is 0. The average Bonchev–Trinajstić information content (AvgIpc) is 2.22. The van der Waals surface area contributed by atoms with E-state index in [4.69, 9.17) is 4.74 Å². The molecule has 88 valence electrons. The van der Waals surface area contributed by atoms with Crippen molar-refractivity contribution in [3.8, 4) is 0 Å². The van der Waals surface area contributed by atoms with Gasteiger partial charge in [-0.1, -0.05) is 6.07 Å². The molecule has 1 atom stereocenters. The van der Waals surface area contributed by atoms with Crippen LogP contribution in [0.25, 0.3) is 0 Å². The molecule has 16 heavy (non-hydrogen) atoms. The van der Waals surface area contributed by atoms with Gasteiger partial charge in [0.15, 0.2) is 0 Å². The van der Waals surface area contributed by atoms with Crippen LogP contribution in [0.5, 0.6) is 0 Å². The number of alkyl halides is 1. The molecule has 0 aliphatic rings. The van der Waals surface area contributed by atoms with Crippen molar-refractivity contribution in [2.75, 3.05) is 6.61 Å². The molecule has 0 N–H and O–H groups in total. The first kappa shape index (κ1) is 13.6. The lowest BCUT2D eigenvalue weighted by atomic mass is 9.98. The molecule has 5 heteroatoms. The molecule has 2 nitrogen and oxygen atoms in total. The summed E-state index contributed by atoms with van der Waals surface area (Å²) in [5.74, 6) is -0.871. The van der Waals surface area contributed by atoms with E-state index in [2.05, 4.69) is 31.9 Å². The smallest absolute Gasteiger partial charge is 0.348 e. The zero-order chi connectivity index (χ0) is 12.3. The van der Waals surface area contributed by atoms with Gasteiger partial charge < -0.3 is 4.74 Å². The molecule has 0 fully saturated rings. The Bertz CT molecular complexity index is 405. The lowest BCUT2D eigenvalue weighted by Crippen LogP contribution is -2.29. The zero-order valence-electron chi connectivity index (χ0n) is 8.89. The van der Waals surface area contributed by atoms with Gasteiger partial charge in [0.25, 0.3) is 0 Å². The highest BCUT2D eigenvalue weighted by atomic mass is 79.9. The molecule has 0 aliphatic carbocycles. The first-order valence-corrected chi connectivity index (χ1v) is 6.30. The second kappa shape index (κ2) is 5.27. The minimum Gasteiger partial charge on any atom is -0.463 e. The highest BCUT2D eigenvalue weighted by Crippen LogP contribution is 2.32. The van der Waals surface area contributed by atoms with Gasteiger partial charge in [0, 0.05) is 14.5 Å². The number of carbonyl (C=O) groups excluding carboxylic acids is 1. The van der Waals surface area contributed by atoms with Gasteiger partial charge in [0.2, 0.25) is 5.67 Å². The Morgan fingerprint density at radius 3 is 2.56 bits per heavy atom. The Morgan fingerprint density at radius 1 is 1.44 bits per heavy atom. The Morgan fingerprint density at radius 2 is 2.06 bits per heavy atom. The molecule has 0 radical (unpaired) electrons. The van der Waals surface area contributed by atoms with Crippen LogP contribution in [0.15, 0.2) is 27.1 Å². The standard InChI is InChI=1S/C11H11Br2FO2/c1-3-16-10(15)11(2,14)7-4-5-8(12)9(13)6-7/h4-6H,3H2,1-2H3. The molecule has 0 saturated heterocycles. The molecule has 0 heterocycles. The Hall–Kier alpha value is -0.420. The number of halogens is 3. The van der Waals surface area contributed by atoms with Gasteiger partial charge >= 0.3 is 5.97 Å². The van der Waals surface area contributed by atoms with Crippen LogP contribution in [-0.4, -0.2) is 12.6 Å². The number of carbonyl (C=O) groups is 1. The summed E-state index contributed by atoms with van der Waals surface area (Å²) in [4.78, 5) is 11.4. The summed E-state index contributed by atoms with van der Waals surface area (Å²) in [7, 11) is 0. The topological polar surface area (TPSA) is 26.3 Å². The Kier molecular flexibility index (Phi) is 4.50. The van der Waals surface area contributed by atoms with Crippen LogP contribution in [0, 0.1) is 0 Å². The van der Waals surface area contributed by atoms with E-state index in [0.29, 0.717) is 4.47 Å². The Balaban J connectivity index is 3.06. The maximum atomic E-state index is 14.2. The molecular weight excluding hydrogens is 343 g/mol. The fraction of sp³-hybridized carbons (Fsp3) is 0.364. The highest BCUT2D eigenvalue weighted by Gasteiger charge is 2.37. The molecule has 1 unspecified atom stereocenters. The summed E-state index contributed by atoms with van der Waals surface area (Å²) < 4.78 is 20.4. The van der Waals surface area contributed by atoms with E-state index < -0.39 is 11.6 Å². The summed E-state index contributed by atoms with van der Waals surface area (Å²) in [5.41, 5.74) is -1.86. The fourth-order valence-electron chi connectivity index (χ4n) is 1.17. The molecule has 0 saturated carbocycles. The third-order valence-corrected chi connectivity index (χ3v) is 4.00. The minimum atomic E-state index is -2.13. The second-order valence-corrected chi connectivity index (χ2v) is 5.06. The number of hydrogen-bond acceptors (Lipinski definition) is 2. The van der Waals surface area contributed by atoms with Crippen molar-refractivity contribution in [1.29, 1.82) is 0 Å². The van der Waals surface area contributed by atoms with Crippen molar-refractivity contribution in [3.63, 3.8) is 0 Å². The number of hydrogen-bond donors (Lipinski definition) is 0. The van der Waals surface area contributed by atoms with Crippen LogP contribution < -0.4 is 0 Å². The van der Waals surface area contributed by atoms with E-state index in [1.807, 2.05) is 0 Å². The molecule has 1 aromatic rings. The highest BCUT2D eigenvalue weighted by molar-refractivity contribution is 9.13. The van der Waals surface area contributed by atoms with Crippen LogP contribution in [0.2, 0.25) is 0 Å². The molecular formula is C11H11Br2FO2. The van der Waals surface area contributed by atoms with Crippen LogP contribution in [0.3, 0.4) is 0 Å². The monoisotopic (exact) mass is 352 g/mol. The second-order valence-electron chi connectivity index (χ2n) is 3.35. The van der Waals surface area contributed by atoms with Gasteiger partial charge in [0.05, 0.1) is 6.61 Å². The van der Waals surface area contributed by atoms with E-state index in [1.54, 1.807) is 25.1 Å². The normalized spacial score (nSPS) is 14.3. The molecule has 0 amide bonds. The minimum absolute atomic E-state index is 0.163. The van der Waals surface area contributed by atoms with Gasteiger partial charge in [-0.15, -0.1) is 0 Å². The quantitative estimate of drug-likeness (QED) is 0.769. The van der Waals surface area contributed by atoms with Gasteiger partial charge in [-0.25, -0.2) is 9.18 Å². The van der Waals surface area contributed by atoms with Gasteiger partial charge in [-0.05, 0) is 57.8 Å². The maximum Gasteiger partial charge on any atom is 0.348 e. The SMILES string of the molecule is CCOC(=O)C(C)(F)c1ccc(Br)c(Br)c1. The van der Waals surface area contributed by atoms with Crippen LogP contribution in [0.1, 0.15) is 19.4 Å². The number of benzene rings is 1. The summed E-state index contributed by atoms with van der Waals surface area (Å²) in [6.45, 7) is 3.00. The lowest BCUT2D eigenvalue weighted by Gasteiger charge is -2.19. The average molecular weight is 354 g/mol. The van der Waals surface area contributed by atoms with E-state index >= 15 is 0 Å². The summed E-state index contributed by atoms with van der Waals surface area (Å²) in [5, 5.41) is 0. The van der Waals surface area contributed by atoms with Crippen LogP contribution in [-0.2, 0) is 15.2 Å². The van der Waals surface area contributed by atoms with Crippen molar-refractivity contribution >= 4 is 37.8 Å². The zero-order valence-corrected chi connectivity index (χ0v) is 12.1. The van der Waals surface area contributed by atoms with E-state index in [9.17, 15) is 9.18 Å². The summed E-state index contributed by atoms with van der Waals surface area (Å²) >= 11 is 6.54. The van der Waals surface area contributed by atoms with Crippen LogP contribution >= 0.6 is 31.9 Å². The third kappa shape index (κ3) is 2.83. The predicted molar refractivity (Wildman–Crippen MR) is 66.9 cm³/mol.